The van der Waals surface area contributed by atoms with Crippen LogP contribution in [0.4, 0.5) is 5.69 Å². The Morgan fingerprint density at radius 3 is 2.67 bits per heavy atom. The Balaban J connectivity index is 1.69. The summed E-state index contributed by atoms with van der Waals surface area (Å²) >= 11 is 1.76. The van der Waals surface area contributed by atoms with Crippen LogP contribution in [-0.4, -0.2) is 41.0 Å². The predicted octanol–water partition coefficient (Wildman–Crippen LogP) is 3.10. The molecule has 0 aliphatic carbocycles. The number of nitrogens with two attached hydrogens (primary N) is 1. The molecule has 0 spiro atoms. The van der Waals surface area contributed by atoms with Crippen molar-refractivity contribution in [1.82, 2.24) is 5.01 Å². The first kappa shape index (κ1) is 16.5. The third-order valence-electron chi connectivity index (χ3n) is 4.94. The van der Waals surface area contributed by atoms with E-state index in [-0.39, 0.29) is 12.8 Å². The minimum absolute atomic E-state index is 0.194. The first-order valence-electron chi connectivity index (χ1n) is 9.03. The fourth-order valence-corrected chi connectivity index (χ4v) is 4.49. The lowest BCUT2D eigenvalue weighted by Gasteiger charge is -2.24. The first-order chi connectivity index (χ1) is 13.2. The molecule has 138 valence electrons. The summed E-state index contributed by atoms with van der Waals surface area (Å²) in [5, 5.41) is 8.12. The van der Waals surface area contributed by atoms with E-state index in [4.69, 9.17) is 20.3 Å². The largest absolute Gasteiger partial charge is 0.454 e. The number of ether oxygens (including phenoxy) is 2. The molecule has 2 N–H and O–H groups in total. The highest BCUT2D eigenvalue weighted by Gasteiger charge is 2.29. The highest BCUT2D eigenvalue weighted by molar-refractivity contribution is 8.14. The maximum atomic E-state index is 5.90. The molecule has 0 fully saturated rings. The molecule has 0 amide bonds. The Bertz CT molecular complexity index is 955. The van der Waals surface area contributed by atoms with Crippen molar-refractivity contribution in [1.29, 1.82) is 0 Å². The summed E-state index contributed by atoms with van der Waals surface area (Å²) in [7, 11) is 0. The lowest BCUT2D eigenvalue weighted by Crippen LogP contribution is -2.33. The van der Waals surface area contributed by atoms with Crippen LogP contribution in [-0.2, 0) is 6.42 Å². The Morgan fingerprint density at radius 2 is 1.93 bits per heavy atom. The van der Waals surface area contributed by atoms with Crippen LogP contribution in [0.25, 0.3) is 0 Å². The number of hydrogen-bond donors (Lipinski definition) is 1. The van der Waals surface area contributed by atoms with Crippen LogP contribution in [0.2, 0.25) is 0 Å². The highest BCUT2D eigenvalue weighted by Crippen LogP contribution is 2.38. The summed E-state index contributed by atoms with van der Waals surface area (Å²) in [6, 6.07) is 12.2. The minimum atomic E-state index is 0.194. The third kappa shape index (κ3) is 2.92. The average Bonchev–Trinajstić information content (AvgIpc) is 3.32. The van der Waals surface area contributed by atoms with Crippen molar-refractivity contribution in [3.05, 3.63) is 53.1 Å². The maximum absolute atomic E-state index is 5.90. The van der Waals surface area contributed by atoms with E-state index in [1.165, 1.54) is 5.56 Å². The van der Waals surface area contributed by atoms with Gasteiger partial charge in [0.05, 0.1) is 18.3 Å². The molecule has 3 aliphatic heterocycles. The van der Waals surface area contributed by atoms with Gasteiger partial charge < -0.3 is 15.2 Å². The number of fused-ring (bicyclic) bond motifs is 2. The Labute approximate surface area is 162 Å². The van der Waals surface area contributed by atoms with Gasteiger partial charge in [0.15, 0.2) is 16.7 Å². The van der Waals surface area contributed by atoms with E-state index < -0.39 is 0 Å². The summed E-state index contributed by atoms with van der Waals surface area (Å²) in [6.07, 6.45) is 0.855. The van der Waals surface area contributed by atoms with Crippen LogP contribution in [0, 0.1) is 0 Å². The van der Waals surface area contributed by atoms with E-state index in [1.807, 2.05) is 30.3 Å². The van der Waals surface area contributed by atoms with Crippen LogP contribution < -0.4 is 15.2 Å². The fraction of sp³-hybridized carbons (Fsp3) is 0.300. The van der Waals surface area contributed by atoms with Gasteiger partial charge in [-0.25, -0.2) is 5.01 Å². The Kier molecular flexibility index (Phi) is 3.97. The number of amidine groups is 1. The molecule has 0 radical (unpaired) electrons. The molecule has 2 aromatic rings. The zero-order chi connectivity index (χ0) is 18.4. The normalized spacial score (nSPS) is 20.8. The number of rotatable bonds is 1. The molecule has 1 unspecified atom stereocenters. The van der Waals surface area contributed by atoms with Crippen LogP contribution >= 0.6 is 11.8 Å². The fourth-order valence-electron chi connectivity index (χ4n) is 3.59. The summed E-state index contributed by atoms with van der Waals surface area (Å²) in [6.45, 7) is 3.30. The number of thioether (sulfide) groups is 1. The molecule has 2 aromatic carbocycles. The summed E-state index contributed by atoms with van der Waals surface area (Å²) in [5.74, 6) is 2.58. The van der Waals surface area contributed by atoms with Crippen molar-refractivity contribution in [3.8, 4) is 11.5 Å². The minimum Gasteiger partial charge on any atom is -0.454 e. The predicted molar refractivity (Wildman–Crippen MR) is 109 cm³/mol. The smallest absolute Gasteiger partial charge is 0.231 e. The number of nitrogens with zero attached hydrogens (tertiary/aromatic N) is 3. The van der Waals surface area contributed by atoms with Gasteiger partial charge in [-0.3, -0.25) is 4.99 Å². The second kappa shape index (κ2) is 6.49. The molecule has 3 aliphatic rings. The van der Waals surface area contributed by atoms with Gasteiger partial charge >= 0.3 is 0 Å². The molecular weight excluding hydrogens is 360 g/mol. The van der Waals surface area contributed by atoms with Crippen molar-refractivity contribution in [2.75, 3.05) is 24.8 Å². The number of benzene rings is 2. The van der Waals surface area contributed by atoms with Crippen molar-refractivity contribution in [3.63, 3.8) is 0 Å². The molecule has 27 heavy (non-hydrogen) atoms. The Morgan fingerprint density at radius 1 is 1.15 bits per heavy atom. The monoisotopic (exact) mass is 380 g/mol. The number of nitrogen functional groups attached to an aromatic ring is 1. The van der Waals surface area contributed by atoms with Crippen molar-refractivity contribution < 1.29 is 9.47 Å². The van der Waals surface area contributed by atoms with Gasteiger partial charge in [0.2, 0.25) is 6.79 Å². The van der Waals surface area contributed by atoms with E-state index in [0.29, 0.717) is 0 Å². The third-order valence-corrected chi connectivity index (χ3v) is 5.90. The van der Waals surface area contributed by atoms with Gasteiger partial charge in [0.1, 0.15) is 0 Å². The second-order valence-electron chi connectivity index (χ2n) is 6.84. The molecule has 7 heteroatoms. The van der Waals surface area contributed by atoms with Gasteiger partial charge in [-0.1, -0.05) is 23.9 Å². The SMILES string of the molecule is CC1Cc2cc3c(cc2C(c2ccc(N)cc2)=NN1C1=NCCS1)OCO3. The molecule has 0 saturated carbocycles. The zero-order valence-corrected chi connectivity index (χ0v) is 15.8. The van der Waals surface area contributed by atoms with Gasteiger partial charge in [0.25, 0.3) is 0 Å². The van der Waals surface area contributed by atoms with E-state index in [2.05, 4.69) is 23.0 Å². The van der Waals surface area contributed by atoms with Crippen molar-refractivity contribution in [2.24, 2.45) is 10.1 Å². The van der Waals surface area contributed by atoms with E-state index in [0.717, 1.165) is 57.9 Å². The van der Waals surface area contributed by atoms with Gasteiger partial charge in [-0.05, 0) is 43.2 Å². The molecule has 3 heterocycles. The molecule has 0 saturated heterocycles. The van der Waals surface area contributed by atoms with Crippen LogP contribution in [0.1, 0.15) is 23.6 Å². The molecular formula is C20H20N4O2S. The number of hydrogen-bond acceptors (Lipinski definition) is 7. The van der Waals surface area contributed by atoms with Crippen LogP contribution in [0.3, 0.4) is 0 Å². The Hall–Kier alpha value is -2.67. The quantitative estimate of drug-likeness (QED) is 0.770. The van der Waals surface area contributed by atoms with Crippen molar-refractivity contribution in [2.45, 2.75) is 19.4 Å². The summed E-state index contributed by atoms with van der Waals surface area (Å²) in [5.41, 5.74) is 10.8. The van der Waals surface area contributed by atoms with Crippen molar-refractivity contribution >= 4 is 28.3 Å². The van der Waals surface area contributed by atoms with Gasteiger partial charge in [0, 0.05) is 22.6 Å². The summed E-state index contributed by atoms with van der Waals surface area (Å²) < 4.78 is 11.2. The maximum Gasteiger partial charge on any atom is 0.231 e. The molecule has 0 aromatic heterocycles. The second-order valence-corrected chi connectivity index (χ2v) is 7.91. The van der Waals surface area contributed by atoms with Crippen LogP contribution in [0.5, 0.6) is 11.5 Å². The molecule has 5 rings (SSSR count). The average molecular weight is 380 g/mol. The molecule has 0 bridgehead atoms. The lowest BCUT2D eigenvalue weighted by atomic mass is 9.94. The highest BCUT2D eigenvalue weighted by atomic mass is 32.2. The zero-order valence-electron chi connectivity index (χ0n) is 15.0. The van der Waals surface area contributed by atoms with E-state index >= 15 is 0 Å². The van der Waals surface area contributed by atoms with E-state index in [9.17, 15) is 0 Å². The summed E-state index contributed by atoms with van der Waals surface area (Å²) in [4.78, 5) is 4.65. The van der Waals surface area contributed by atoms with Gasteiger partial charge in [-0.2, -0.15) is 5.10 Å². The lowest BCUT2D eigenvalue weighted by molar-refractivity contribution is 0.174. The molecule has 1 atom stereocenters. The molecule has 6 nitrogen and oxygen atoms in total. The van der Waals surface area contributed by atoms with E-state index in [1.54, 1.807) is 11.8 Å². The standard InChI is InChI=1S/C20H20N4O2S/c1-12-8-14-9-17-18(26-11-25-17)10-16(14)19(13-2-4-15(21)5-3-13)23-24(12)20-22-6-7-27-20/h2-5,9-10,12H,6-8,11,21H2,1H3. The number of aliphatic imine (C=N–C) groups is 1. The number of anilines is 1. The topological polar surface area (TPSA) is 72.4 Å². The van der Waals surface area contributed by atoms with Gasteiger partial charge in [-0.15, -0.1) is 0 Å². The number of hydrazone groups is 1. The first-order valence-corrected chi connectivity index (χ1v) is 10.0. The van der Waals surface area contributed by atoms with Crippen LogP contribution in [0.15, 0.2) is 46.5 Å².